The molecule has 4 amide bonds. The van der Waals surface area contributed by atoms with E-state index in [-0.39, 0.29) is 5.78 Å². The highest BCUT2D eigenvalue weighted by atomic mass is 16.2. The number of carbonyl (C=O) groups is 4. The lowest BCUT2D eigenvalue weighted by atomic mass is 9.90. The summed E-state index contributed by atoms with van der Waals surface area (Å²) in [6.07, 6.45) is 4.22. The van der Waals surface area contributed by atoms with E-state index in [4.69, 9.17) is 0 Å². The van der Waals surface area contributed by atoms with Gasteiger partial charge in [0.2, 0.25) is 0 Å². The number of imide groups is 2. The molecule has 3 rings (SSSR count). The van der Waals surface area contributed by atoms with Gasteiger partial charge in [0.15, 0.2) is 5.78 Å². The molecule has 1 aliphatic heterocycles. The molecule has 0 unspecified atom stereocenters. The average molecular weight is 328 g/mol. The monoisotopic (exact) mass is 328 g/mol. The van der Waals surface area contributed by atoms with Gasteiger partial charge in [0.25, 0.3) is 0 Å². The summed E-state index contributed by atoms with van der Waals surface area (Å²) in [6.45, 7) is 2.90. The molecule has 0 aromatic heterocycles. The summed E-state index contributed by atoms with van der Waals surface area (Å²) in [4.78, 5) is 50.2. The molecule has 1 aromatic carbocycles. The van der Waals surface area contributed by atoms with Gasteiger partial charge in [0.05, 0.1) is 6.54 Å². The number of amides is 4. The van der Waals surface area contributed by atoms with Gasteiger partial charge in [0.1, 0.15) is 0 Å². The predicted molar refractivity (Wildman–Crippen MR) is 86.5 cm³/mol. The predicted octanol–water partition coefficient (Wildman–Crippen LogP) is 1.95. The van der Waals surface area contributed by atoms with Crippen LogP contribution in [0.1, 0.15) is 48.2 Å². The van der Waals surface area contributed by atoms with Gasteiger partial charge in [-0.3, -0.25) is 19.3 Å². The van der Waals surface area contributed by atoms with E-state index in [1.54, 1.807) is 19.9 Å². The Balaban J connectivity index is 1.79. The van der Waals surface area contributed by atoms with Gasteiger partial charge in [-0.2, -0.15) is 0 Å². The van der Waals surface area contributed by atoms with Crippen LogP contribution < -0.4 is 0 Å². The summed E-state index contributed by atoms with van der Waals surface area (Å²) < 4.78 is 0. The molecule has 1 heterocycles. The molecule has 24 heavy (non-hydrogen) atoms. The maximum Gasteiger partial charge on any atom is 0.334 e. The number of Topliss-reactive ketones (excluding diaryl/α,β-unsaturated/α-hetero) is 1. The van der Waals surface area contributed by atoms with Crippen LogP contribution in [0.2, 0.25) is 0 Å². The van der Waals surface area contributed by atoms with E-state index < -0.39 is 30.4 Å². The number of rotatable bonds is 4. The standard InChI is InChI=1S/C18H20N2O4/c1-11(2)20-17(23)16(22)19(18(20)24)10-15(21)14-8-7-12-5-3-4-6-13(12)9-14/h7-9,11H,3-6,10H2,1-2H3. The van der Waals surface area contributed by atoms with Crippen molar-refractivity contribution in [3.05, 3.63) is 34.9 Å². The highest BCUT2D eigenvalue weighted by molar-refractivity contribution is 6.45. The molecule has 1 aromatic rings. The SMILES string of the molecule is CC(C)N1C(=O)C(=O)N(CC(=O)c2ccc3c(c2)CCCC3)C1=O. The first-order chi connectivity index (χ1) is 11.4. The summed E-state index contributed by atoms with van der Waals surface area (Å²) in [5.74, 6) is -2.13. The van der Waals surface area contributed by atoms with Crippen LogP contribution in [0.25, 0.3) is 0 Å². The lowest BCUT2D eigenvalue weighted by molar-refractivity contribution is -0.143. The average Bonchev–Trinajstić information content (AvgIpc) is 2.77. The fourth-order valence-electron chi connectivity index (χ4n) is 3.26. The number of hydrogen-bond acceptors (Lipinski definition) is 4. The van der Waals surface area contributed by atoms with Crippen molar-refractivity contribution < 1.29 is 19.2 Å². The van der Waals surface area contributed by atoms with E-state index in [9.17, 15) is 19.2 Å². The Kier molecular flexibility index (Phi) is 4.22. The number of benzene rings is 1. The lowest BCUT2D eigenvalue weighted by Gasteiger charge is -2.19. The van der Waals surface area contributed by atoms with Crippen LogP contribution in [-0.4, -0.2) is 46.0 Å². The Labute approximate surface area is 140 Å². The zero-order valence-electron chi connectivity index (χ0n) is 13.9. The largest absolute Gasteiger partial charge is 0.334 e. The molecular formula is C18H20N2O4. The van der Waals surface area contributed by atoms with E-state index in [1.165, 1.54) is 5.56 Å². The molecule has 0 radical (unpaired) electrons. The Hall–Kier alpha value is -2.50. The molecule has 1 saturated heterocycles. The van der Waals surface area contributed by atoms with Crippen LogP contribution in [0.5, 0.6) is 0 Å². The van der Waals surface area contributed by atoms with Gasteiger partial charge in [-0.25, -0.2) is 9.69 Å². The second-order valence-electron chi connectivity index (χ2n) is 6.56. The van der Waals surface area contributed by atoms with Gasteiger partial charge in [-0.05, 0) is 56.7 Å². The Morgan fingerprint density at radius 1 is 1.04 bits per heavy atom. The van der Waals surface area contributed by atoms with Crippen LogP contribution in [0.15, 0.2) is 18.2 Å². The summed E-state index contributed by atoms with van der Waals surface area (Å²) in [7, 11) is 0. The minimum Gasteiger partial charge on any atom is -0.292 e. The summed E-state index contributed by atoms with van der Waals surface area (Å²) in [6, 6.07) is 4.40. The molecule has 0 saturated carbocycles. The quantitative estimate of drug-likeness (QED) is 0.481. The molecule has 6 nitrogen and oxygen atoms in total. The molecule has 1 fully saturated rings. The zero-order valence-corrected chi connectivity index (χ0v) is 13.9. The molecule has 0 N–H and O–H groups in total. The minimum absolute atomic E-state index is 0.330. The topological polar surface area (TPSA) is 74.8 Å². The number of carbonyl (C=O) groups excluding carboxylic acids is 4. The van der Waals surface area contributed by atoms with Gasteiger partial charge in [0, 0.05) is 11.6 Å². The van der Waals surface area contributed by atoms with E-state index in [2.05, 4.69) is 0 Å². The number of fused-ring (bicyclic) bond motifs is 1. The number of hydrogen-bond donors (Lipinski definition) is 0. The van der Waals surface area contributed by atoms with Gasteiger partial charge >= 0.3 is 17.8 Å². The van der Waals surface area contributed by atoms with Crippen molar-refractivity contribution in [1.82, 2.24) is 9.80 Å². The highest BCUT2D eigenvalue weighted by Crippen LogP contribution is 2.23. The fourth-order valence-corrected chi connectivity index (χ4v) is 3.26. The Morgan fingerprint density at radius 3 is 2.33 bits per heavy atom. The normalized spacial score (nSPS) is 17.7. The van der Waals surface area contributed by atoms with Crippen molar-refractivity contribution in [1.29, 1.82) is 0 Å². The van der Waals surface area contributed by atoms with Crippen LogP contribution in [0, 0.1) is 0 Å². The third kappa shape index (κ3) is 2.72. The lowest BCUT2D eigenvalue weighted by Crippen LogP contribution is -2.39. The van der Waals surface area contributed by atoms with Crippen LogP contribution in [-0.2, 0) is 22.4 Å². The number of ketones is 1. The van der Waals surface area contributed by atoms with Crippen molar-refractivity contribution >= 4 is 23.6 Å². The minimum atomic E-state index is -0.931. The molecule has 0 bridgehead atoms. The van der Waals surface area contributed by atoms with Gasteiger partial charge in [-0.1, -0.05) is 12.1 Å². The van der Waals surface area contributed by atoms with Crippen molar-refractivity contribution in [3.8, 4) is 0 Å². The maximum absolute atomic E-state index is 12.5. The van der Waals surface area contributed by atoms with Gasteiger partial charge in [-0.15, -0.1) is 0 Å². The molecule has 0 spiro atoms. The first-order valence-electron chi connectivity index (χ1n) is 8.24. The molecule has 0 atom stereocenters. The van der Waals surface area contributed by atoms with E-state index in [1.807, 2.05) is 12.1 Å². The van der Waals surface area contributed by atoms with Crippen molar-refractivity contribution in [3.63, 3.8) is 0 Å². The fraction of sp³-hybridized carbons (Fsp3) is 0.444. The molecule has 6 heteroatoms. The third-order valence-corrected chi connectivity index (χ3v) is 4.57. The Morgan fingerprint density at radius 2 is 1.71 bits per heavy atom. The number of aryl methyl sites for hydroxylation is 2. The van der Waals surface area contributed by atoms with Gasteiger partial charge < -0.3 is 0 Å². The molecular weight excluding hydrogens is 308 g/mol. The van der Waals surface area contributed by atoms with Crippen LogP contribution in [0.3, 0.4) is 0 Å². The summed E-state index contributed by atoms with van der Waals surface area (Å²) in [5.41, 5.74) is 2.89. The first-order valence-corrected chi connectivity index (χ1v) is 8.24. The first kappa shape index (κ1) is 16.4. The van der Waals surface area contributed by atoms with E-state index >= 15 is 0 Å². The maximum atomic E-state index is 12.5. The number of urea groups is 1. The highest BCUT2D eigenvalue weighted by Gasteiger charge is 2.46. The van der Waals surface area contributed by atoms with E-state index in [0.29, 0.717) is 5.56 Å². The summed E-state index contributed by atoms with van der Waals surface area (Å²) >= 11 is 0. The smallest absolute Gasteiger partial charge is 0.292 e. The van der Waals surface area contributed by atoms with Crippen LogP contribution >= 0.6 is 0 Å². The molecule has 2 aliphatic rings. The molecule has 126 valence electrons. The molecule has 1 aliphatic carbocycles. The Bertz CT molecular complexity index is 739. The van der Waals surface area contributed by atoms with E-state index in [0.717, 1.165) is 41.0 Å². The second kappa shape index (κ2) is 6.19. The van der Waals surface area contributed by atoms with Crippen molar-refractivity contribution in [2.75, 3.05) is 6.54 Å². The van der Waals surface area contributed by atoms with Crippen LogP contribution in [0.4, 0.5) is 4.79 Å². The second-order valence-corrected chi connectivity index (χ2v) is 6.56. The summed E-state index contributed by atoms with van der Waals surface area (Å²) in [5, 5.41) is 0. The number of nitrogens with zero attached hydrogens (tertiary/aromatic N) is 2. The zero-order chi connectivity index (χ0) is 17.4. The van der Waals surface area contributed by atoms with Crippen molar-refractivity contribution in [2.45, 2.75) is 45.6 Å². The third-order valence-electron chi connectivity index (χ3n) is 4.57. The van der Waals surface area contributed by atoms with Crippen molar-refractivity contribution in [2.24, 2.45) is 0 Å².